The smallest absolute Gasteiger partial charge is 0.409 e. The number of alkyl carbamates (subject to hydrolysis) is 1. The van der Waals surface area contributed by atoms with Crippen molar-refractivity contribution >= 4 is 88.1 Å². The number of ketones is 3. The maximum Gasteiger partial charge on any atom is 0.409 e. The maximum atomic E-state index is 14.3. The van der Waals surface area contributed by atoms with Gasteiger partial charge in [0.05, 0.1) is 36.4 Å². The van der Waals surface area contributed by atoms with E-state index in [2.05, 4.69) is 16.0 Å². The monoisotopic (exact) mass is 1260 g/mol. The van der Waals surface area contributed by atoms with E-state index in [1.165, 1.54) is 30.7 Å². The van der Waals surface area contributed by atoms with Gasteiger partial charge in [-0.05, 0) is 103 Å². The molecule has 5 amide bonds. The molecular formula is C64H94ClN5O16S. The third-order valence-electron chi connectivity index (χ3n) is 17.8. The quantitative estimate of drug-likeness (QED) is 0.0289. The summed E-state index contributed by atoms with van der Waals surface area (Å²) in [7, 11) is 2.99. The van der Waals surface area contributed by atoms with Crippen molar-refractivity contribution in [2.24, 2.45) is 29.6 Å². The summed E-state index contributed by atoms with van der Waals surface area (Å²) in [4.78, 5) is 132. The van der Waals surface area contributed by atoms with E-state index in [0.717, 1.165) is 54.1 Å². The number of carbonyl (C=O) groups excluding carboxylic acids is 9. The summed E-state index contributed by atoms with van der Waals surface area (Å²) in [5.74, 6) is -4.80. The number of carbonyl (C=O) groups is 10. The SMILES string of the molecule is CCC(=O)NCCOCCC(=O)CC(CCCCCC(=O)C1CCC(CNC(=O)CC(SCCC(=O)N(C)[C@@H](C)C(=O)O[C@H]2CC(=O)N(C)c3cc(cc(C)c3Cl)C/C(C)=C/C=C/[C@H](C)[C@@]3(O)CC(OC(=O)N3)[C@@H](C)[C@@H]3O[C@@]23C)C(=O)O)CC1)C(C)=O. The van der Waals surface area contributed by atoms with E-state index in [1.807, 2.05) is 38.1 Å². The molecule has 87 heavy (non-hydrogen) atoms. The van der Waals surface area contributed by atoms with E-state index in [1.54, 1.807) is 40.8 Å². The van der Waals surface area contributed by atoms with Gasteiger partial charge in [-0.2, -0.15) is 0 Å². The van der Waals surface area contributed by atoms with Crippen molar-refractivity contribution in [2.75, 3.05) is 51.1 Å². The molecular weight excluding hydrogens is 1160 g/mol. The maximum absolute atomic E-state index is 14.3. The molecule has 1 saturated carbocycles. The van der Waals surface area contributed by atoms with Gasteiger partial charge in [-0.1, -0.05) is 75.1 Å². The number of rotatable bonds is 29. The van der Waals surface area contributed by atoms with Crippen molar-refractivity contribution in [3.63, 3.8) is 0 Å². The molecule has 3 unspecified atom stereocenters. The third kappa shape index (κ3) is 21.5. The first-order valence-corrected chi connectivity index (χ1v) is 32.2. The second kappa shape index (κ2) is 33.8. The lowest BCUT2D eigenvalue weighted by Gasteiger charge is -2.41. The van der Waals surface area contributed by atoms with Gasteiger partial charge in [-0.3, -0.25) is 43.7 Å². The highest BCUT2D eigenvalue weighted by Gasteiger charge is 2.64. The second-order valence-electron chi connectivity index (χ2n) is 24.5. The van der Waals surface area contributed by atoms with E-state index in [9.17, 15) is 58.2 Å². The highest BCUT2D eigenvalue weighted by molar-refractivity contribution is 8.00. The van der Waals surface area contributed by atoms with Crippen molar-refractivity contribution in [1.29, 1.82) is 0 Å². The summed E-state index contributed by atoms with van der Waals surface area (Å²) in [6, 6.07) is 2.59. The zero-order valence-corrected chi connectivity index (χ0v) is 54.1. The van der Waals surface area contributed by atoms with Crippen LogP contribution in [0.2, 0.25) is 5.02 Å². The number of unbranched alkanes of at least 4 members (excludes halogenated alkanes) is 2. The van der Waals surface area contributed by atoms with Crippen LogP contribution in [0.3, 0.4) is 0 Å². The van der Waals surface area contributed by atoms with Crippen LogP contribution < -0.4 is 20.9 Å². The number of ether oxygens (including phenoxy) is 4. The molecule has 0 spiro atoms. The largest absolute Gasteiger partial charge is 0.480 e. The number of aliphatic hydroxyl groups is 1. The number of epoxide rings is 1. The second-order valence-corrected chi connectivity index (χ2v) is 26.2. The molecule has 23 heteroatoms. The summed E-state index contributed by atoms with van der Waals surface area (Å²) in [5, 5.41) is 29.2. The van der Waals surface area contributed by atoms with Gasteiger partial charge in [0.15, 0.2) is 0 Å². The normalized spacial score (nSPS) is 26.9. The number of thioether (sulfide) groups is 1. The molecule has 484 valence electrons. The molecule has 5 rings (SSSR count). The lowest BCUT2D eigenvalue weighted by atomic mass is 9.79. The minimum atomic E-state index is -1.67. The van der Waals surface area contributed by atoms with Gasteiger partial charge in [0, 0.05) is 102 Å². The average molecular weight is 1260 g/mol. The molecule has 3 heterocycles. The van der Waals surface area contributed by atoms with E-state index in [-0.39, 0.29) is 91.9 Å². The van der Waals surface area contributed by atoms with Gasteiger partial charge in [-0.15, -0.1) is 11.8 Å². The molecule has 0 aromatic heterocycles. The van der Waals surface area contributed by atoms with E-state index in [4.69, 9.17) is 30.5 Å². The number of nitrogens with zero attached hydrogens (tertiary/aromatic N) is 2. The van der Waals surface area contributed by atoms with Crippen LogP contribution in [0.25, 0.3) is 0 Å². The Morgan fingerprint density at radius 1 is 0.966 bits per heavy atom. The Hall–Kier alpha value is -5.68. The fourth-order valence-corrected chi connectivity index (χ4v) is 12.8. The zero-order valence-electron chi connectivity index (χ0n) is 52.5. The predicted molar refractivity (Wildman–Crippen MR) is 330 cm³/mol. The highest BCUT2D eigenvalue weighted by atomic mass is 35.5. The minimum absolute atomic E-state index is 0.00459. The number of amides is 5. The van der Waals surface area contributed by atoms with Crippen LogP contribution in [0.1, 0.15) is 162 Å². The molecule has 2 saturated heterocycles. The van der Waals surface area contributed by atoms with Crippen molar-refractivity contribution < 1.29 is 77.1 Å². The number of carboxylic acids is 1. The topological polar surface area (TPSA) is 294 Å². The van der Waals surface area contributed by atoms with Crippen molar-refractivity contribution in [2.45, 2.75) is 205 Å². The molecule has 4 bridgehead atoms. The molecule has 10 atom stereocenters. The third-order valence-corrected chi connectivity index (χ3v) is 19.5. The Bertz CT molecular complexity index is 2700. The van der Waals surface area contributed by atoms with Gasteiger partial charge >= 0.3 is 18.0 Å². The van der Waals surface area contributed by atoms with Crippen molar-refractivity contribution in [3.05, 3.63) is 52.1 Å². The van der Waals surface area contributed by atoms with Gasteiger partial charge in [0.2, 0.25) is 23.6 Å². The highest BCUT2D eigenvalue weighted by Crippen LogP contribution is 2.49. The van der Waals surface area contributed by atoms with Crippen LogP contribution in [0.4, 0.5) is 10.5 Å². The molecule has 3 fully saturated rings. The van der Waals surface area contributed by atoms with Gasteiger partial charge in [-0.25, -0.2) is 9.59 Å². The number of aliphatic carboxylic acids is 1. The zero-order chi connectivity index (χ0) is 64.3. The molecule has 1 aromatic carbocycles. The molecule has 5 N–H and O–H groups in total. The molecule has 0 radical (unpaired) electrons. The summed E-state index contributed by atoms with van der Waals surface area (Å²) in [6.45, 7) is 15.1. The van der Waals surface area contributed by atoms with Crippen molar-refractivity contribution in [3.8, 4) is 0 Å². The Labute approximate surface area is 521 Å². The standard InChI is InChI=1S/C64H94ClN5O16S/c1-11-54(74)66-26-28-83-27-24-48(72)33-47(43(7)71)18-13-12-14-19-50(73)46-22-20-44(21-23-46)37-67-55(75)34-52(60(78)79)87-29-25-56(76)69(9)42(6)61(80)85-53-35-57(77)70(10)49-32-45(31-39(3)58(49)65)30-38(2)16-15-17-40(4)64(82)36-51(84-62(81)68-64)41(5)59-63(53,8)86-59/h15-17,31-32,40-42,44,46-47,51-53,59,82H,11-14,18-30,33-37H2,1-10H3,(H,66,74)(H,67,75)(H,68,81)(H,78,79)/b17-15+,38-16+/t40-,41+,42-,44?,46?,47?,51?,52?,53-,59-,63-,64-/m0/s1. The molecule has 4 aliphatic rings. The summed E-state index contributed by atoms with van der Waals surface area (Å²) >= 11 is 7.77. The van der Waals surface area contributed by atoms with Gasteiger partial charge in [0.1, 0.15) is 52.2 Å². The lowest BCUT2D eigenvalue weighted by Crippen LogP contribution is -2.60. The van der Waals surface area contributed by atoms with Gasteiger partial charge < -0.3 is 49.6 Å². The van der Waals surface area contributed by atoms with Crippen LogP contribution in [0.15, 0.2) is 35.9 Å². The van der Waals surface area contributed by atoms with Gasteiger partial charge in [0.25, 0.3) is 0 Å². The van der Waals surface area contributed by atoms with Crippen molar-refractivity contribution in [1.82, 2.24) is 20.9 Å². The number of halogens is 1. The molecule has 1 aromatic rings. The number of benzene rings is 1. The number of anilines is 1. The van der Waals surface area contributed by atoms with Crippen LogP contribution in [0, 0.1) is 36.5 Å². The summed E-state index contributed by atoms with van der Waals surface area (Å²) < 4.78 is 23.6. The number of carboxylic acid groups (broad SMARTS) is 1. The van der Waals surface area contributed by atoms with Crippen LogP contribution >= 0.6 is 23.4 Å². The summed E-state index contributed by atoms with van der Waals surface area (Å²) in [5.41, 5.74) is 0.0911. The Balaban J connectivity index is 1.07. The van der Waals surface area contributed by atoms with Crippen LogP contribution in [0.5, 0.6) is 0 Å². The minimum Gasteiger partial charge on any atom is -0.480 e. The van der Waals surface area contributed by atoms with Crippen LogP contribution in [-0.4, -0.2) is 161 Å². The number of esters is 1. The van der Waals surface area contributed by atoms with E-state index < -0.39 is 88.5 Å². The first-order valence-electron chi connectivity index (χ1n) is 30.8. The first-order chi connectivity index (χ1) is 41.1. The fourth-order valence-electron chi connectivity index (χ4n) is 11.6. The van der Waals surface area contributed by atoms with Crippen LogP contribution in [-0.2, 0) is 68.5 Å². The lowest BCUT2D eigenvalue weighted by molar-refractivity contribution is -0.162. The number of fused-ring (bicyclic) bond motifs is 5. The number of likely N-dealkylation sites (N-methyl/N-ethyl adjacent to an activating group) is 1. The fraction of sp³-hybridized carbons (Fsp3) is 0.688. The Kier molecular flexibility index (Phi) is 28.0. The Morgan fingerprint density at radius 2 is 1.68 bits per heavy atom. The Morgan fingerprint density at radius 3 is 2.36 bits per heavy atom. The number of Topliss-reactive ketones (excluding diaryl/α,β-unsaturated/α-hetero) is 3. The first kappa shape index (κ1) is 72.1. The molecule has 21 nitrogen and oxygen atoms in total. The number of nitrogens with one attached hydrogen (secondary N) is 3. The predicted octanol–water partition coefficient (Wildman–Crippen LogP) is 7.94. The summed E-state index contributed by atoms with van der Waals surface area (Å²) in [6.07, 6.45) is 8.41. The van der Waals surface area contributed by atoms with E-state index >= 15 is 0 Å². The number of hydrogen-bond donors (Lipinski definition) is 5. The molecule has 1 aliphatic carbocycles. The van der Waals surface area contributed by atoms with E-state index in [0.29, 0.717) is 75.4 Å². The number of aryl methyl sites for hydroxylation is 1. The number of hydrogen-bond acceptors (Lipinski definition) is 16. The molecule has 3 aliphatic heterocycles. The number of allylic oxidation sites excluding steroid dienone is 3. The average Bonchev–Trinajstić information content (AvgIpc) is 1.61.